The molecule has 7 heteroatoms. The minimum absolute atomic E-state index is 0.0813. The summed E-state index contributed by atoms with van der Waals surface area (Å²) in [6, 6.07) is 3.56. The van der Waals surface area contributed by atoms with Crippen molar-refractivity contribution in [2.75, 3.05) is 13.7 Å². The maximum atomic E-state index is 7.74. The first-order valence-corrected chi connectivity index (χ1v) is 27.9. The third-order valence-corrected chi connectivity index (χ3v) is 29.1. The van der Waals surface area contributed by atoms with Crippen LogP contribution in [0.4, 0.5) is 0 Å². The number of ether oxygens (including phenoxy) is 1. The Morgan fingerprint density at radius 3 is 1.83 bits per heavy atom. The molecule has 0 unspecified atom stereocenters. The lowest BCUT2D eigenvalue weighted by molar-refractivity contribution is -0.185. The molecule has 0 radical (unpaired) electrons. The quantitative estimate of drug-likeness (QED) is 0.149. The summed E-state index contributed by atoms with van der Waals surface area (Å²) in [7, 11) is -4.10. The van der Waals surface area contributed by atoms with E-state index >= 15 is 0 Å². The Bertz CT molecular complexity index is 1180. The maximum absolute atomic E-state index is 7.74. The molecular weight excluding hydrogens is 641 g/mol. The zero-order chi connectivity index (χ0) is 36.9. The van der Waals surface area contributed by atoms with Gasteiger partial charge in [0.05, 0.1) is 12.5 Å². The van der Waals surface area contributed by atoms with Gasteiger partial charge in [0.1, 0.15) is 5.76 Å². The second-order valence-electron chi connectivity index (χ2n) is 20.0. The molecule has 0 aliphatic heterocycles. The van der Waals surface area contributed by atoms with Crippen LogP contribution in [0.3, 0.4) is 0 Å². The maximum Gasteiger partial charge on any atom is 0.192 e. The van der Waals surface area contributed by atoms with Crippen LogP contribution in [-0.4, -0.2) is 50.9 Å². The summed E-state index contributed by atoms with van der Waals surface area (Å²) in [6.07, 6.45) is 13.8. The molecule has 0 spiro atoms. The minimum atomic E-state index is -2.15. The normalized spacial score (nSPS) is 36.5. The van der Waals surface area contributed by atoms with Crippen molar-refractivity contribution < 1.29 is 18.0 Å². The number of allylic oxidation sites excluding steroid dienone is 2. The fraction of sp³-hybridized carbons (Fsp3) is 0.902. The molecule has 0 aromatic heterocycles. The number of terminal acetylenes is 1. The number of hydrogen-bond donors (Lipinski definition) is 0. The van der Waals surface area contributed by atoms with Crippen LogP contribution in [0, 0.1) is 52.3 Å². The van der Waals surface area contributed by atoms with Crippen molar-refractivity contribution in [1.82, 2.24) is 0 Å². The van der Waals surface area contributed by atoms with E-state index in [4.69, 9.17) is 24.4 Å². The highest BCUT2D eigenvalue weighted by molar-refractivity contribution is 6.74. The summed E-state index contributed by atoms with van der Waals surface area (Å²) < 4.78 is 28.6. The molecule has 278 valence electrons. The highest BCUT2D eigenvalue weighted by Gasteiger charge is 2.68. The third-order valence-electron chi connectivity index (χ3n) is 15.4. The molecule has 4 nitrogen and oxygen atoms in total. The molecule has 3 aliphatic carbocycles. The van der Waals surface area contributed by atoms with Crippen LogP contribution in [0.2, 0.25) is 54.4 Å². The van der Waals surface area contributed by atoms with Gasteiger partial charge in [-0.05, 0) is 122 Å². The Kier molecular flexibility index (Phi) is 12.5. The average molecular weight is 719 g/mol. The van der Waals surface area contributed by atoms with Crippen molar-refractivity contribution in [3.05, 3.63) is 11.8 Å². The first-order valence-electron chi connectivity index (χ1n) is 19.5. The van der Waals surface area contributed by atoms with E-state index in [1.54, 1.807) is 0 Å². The fourth-order valence-electron chi connectivity index (χ4n) is 9.68. The Labute approximate surface area is 302 Å². The highest BCUT2D eigenvalue weighted by Crippen LogP contribution is 2.70. The largest absolute Gasteiger partial charge is 0.500 e. The van der Waals surface area contributed by atoms with Gasteiger partial charge in [-0.1, -0.05) is 89.0 Å². The van der Waals surface area contributed by atoms with E-state index in [0.29, 0.717) is 24.4 Å². The smallest absolute Gasteiger partial charge is 0.192 e. The van der Waals surface area contributed by atoms with Gasteiger partial charge in [0, 0.05) is 24.7 Å². The van der Waals surface area contributed by atoms with Gasteiger partial charge in [-0.25, -0.2) is 0 Å². The lowest BCUT2D eigenvalue weighted by Gasteiger charge is -2.67. The van der Waals surface area contributed by atoms with Gasteiger partial charge < -0.3 is 18.0 Å². The van der Waals surface area contributed by atoms with Crippen LogP contribution in [0.5, 0.6) is 0 Å². The van der Waals surface area contributed by atoms with Gasteiger partial charge in [-0.3, -0.25) is 0 Å². The van der Waals surface area contributed by atoms with E-state index in [-0.39, 0.29) is 39.0 Å². The van der Waals surface area contributed by atoms with Gasteiger partial charge in [0.15, 0.2) is 25.0 Å². The first-order chi connectivity index (χ1) is 21.8. The summed E-state index contributed by atoms with van der Waals surface area (Å²) in [5.74, 6) is 6.07. The van der Waals surface area contributed by atoms with E-state index in [1.807, 2.05) is 7.11 Å². The zero-order valence-corrected chi connectivity index (χ0v) is 37.9. The molecule has 0 bridgehead atoms. The summed E-state index contributed by atoms with van der Waals surface area (Å²) in [5, 5.41) is 0.251. The summed E-state index contributed by atoms with van der Waals surface area (Å²) in [5.41, 5.74) is -1.05. The molecule has 0 saturated heterocycles. The van der Waals surface area contributed by atoms with E-state index in [0.717, 1.165) is 25.0 Å². The molecule has 48 heavy (non-hydrogen) atoms. The van der Waals surface area contributed by atoms with Crippen LogP contribution < -0.4 is 0 Å². The van der Waals surface area contributed by atoms with Crippen molar-refractivity contribution >= 4 is 25.0 Å². The summed E-state index contributed by atoms with van der Waals surface area (Å²) >= 11 is 0. The van der Waals surface area contributed by atoms with E-state index in [2.05, 4.69) is 128 Å². The molecular formula is C41H78O4Si3. The Hall–Kier alpha value is -0.369. The molecule has 0 N–H and O–H groups in total. The summed E-state index contributed by atoms with van der Waals surface area (Å²) in [4.78, 5) is 0. The molecule has 0 heterocycles. The van der Waals surface area contributed by atoms with Crippen LogP contribution in [0.1, 0.15) is 116 Å². The molecule has 2 fully saturated rings. The zero-order valence-electron chi connectivity index (χ0n) is 34.9. The van der Waals surface area contributed by atoms with Crippen molar-refractivity contribution in [2.24, 2.45) is 39.9 Å². The average Bonchev–Trinajstić information content (AvgIpc) is 2.97. The van der Waals surface area contributed by atoms with E-state index < -0.39 is 30.4 Å². The predicted molar refractivity (Wildman–Crippen MR) is 214 cm³/mol. The van der Waals surface area contributed by atoms with Crippen LogP contribution in [0.25, 0.3) is 0 Å². The molecule has 3 aliphatic rings. The van der Waals surface area contributed by atoms with Crippen LogP contribution >= 0.6 is 0 Å². The van der Waals surface area contributed by atoms with Crippen molar-refractivity contribution in [2.45, 2.75) is 182 Å². The van der Waals surface area contributed by atoms with Crippen molar-refractivity contribution in [3.63, 3.8) is 0 Å². The van der Waals surface area contributed by atoms with Gasteiger partial charge in [-0.2, -0.15) is 0 Å². The monoisotopic (exact) mass is 719 g/mol. The predicted octanol–water partition coefficient (Wildman–Crippen LogP) is 12.1. The SMILES string of the molecule is C#C[C@]1(C)C(OC)=C[C@@]2(C)[C@@H]3C[C@@H](C)C[C@@H](O[Si](CC)(CC)CC)[C@H]3C[C@H](O[Si](C)(C)C(C)(C)C)[C@@H]2[C@]1(C)CCO[Si](C)(C)C(C)(C)C. The molecule has 0 aromatic carbocycles. The highest BCUT2D eigenvalue weighted by atomic mass is 28.4. The topological polar surface area (TPSA) is 36.9 Å². The fourth-order valence-corrected chi connectivity index (χ4v) is 15.0. The number of methoxy groups -OCH3 is 1. The molecule has 2 saturated carbocycles. The molecule has 0 amide bonds. The lowest BCUT2D eigenvalue weighted by atomic mass is 9.39. The lowest BCUT2D eigenvalue weighted by Crippen LogP contribution is -2.67. The number of fused-ring (bicyclic) bond motifs is 3. The second-order valence-corrected chi connectivity index (χ2v) is 34.3. The molecule has 0 aromatic rings. The number of hydrogen-bond acceptors (Lipinski definition) is 4. The van der Waals surface area contributed by atoms with Crippen molar-refractivity contribution in [1.29, 1.82) is 0 Å². The van der Waals surface area contributed by atoms with Gasteiger partial charge in [0.25, 0.3) is 0 Å². The summed E-state index contributed by atoms with van der Waals surface area (Å²) in [6.45, 7) is 41.3. The van der Waals surface area contributed by atoms with Crippen LogP contribution in [-0.2, 0) is 18.0 Å². The molecule has 3 rings (SSSR count). The van der Waals surface area contributed by atoms with Crippen molar-refractivity contribution in [3.8, 4) is 12.3 Å². The molecule has 9 atom stereocenters. The Morgan fingerprint density at radius 1 is 0.833 bits per heavy atom. The van der Waals surface area contributed by atoms with E-state index in [1.165, 1.54) is 24.6 Å². The Balaban J connectivity index is 2.29. The second kappa shape index (κ2) is 14.2. The standard InChI is InChI=1S/C41H78O4Si3/c1-20-40(13)35(42-15)29-39(12)32-26-30(5)27-33(45-48(21-2,22-3)23-4)31(32)28-34(44-47(18,19)38(9,10)11)36(39)41(40,14)24-25-43-46(16,17)37(6,7)8/h1,29-34,36H,21-28H2,2-19H3/t30-,31+,32-,33-,34+,36+,39+,40-,41+/m1/s1. The van der Waals surface area contributed by atoms with Gasteiger partial charge in [0.2, 0.25) is 0 Å². The first kappa shape index (κ1) is 42.0. The number of rotatable bonds is 12. The van der Waals surface area contributed by atoms with Gasteiger partial charge in [-0.15, -0.1) is 6.42 Å². The minimum Gasteiger partial charge on any atom is -0.500 e. The Morgan fingerprint density at radius 2 is 1.38 bits per heavy atom. The van der Waals surface area contributed by atoms with Crippen LogP contribution in [0.15, 0.2) is 11.8 Å². The van der Waals surface area contributed by atoms with Gasteiger partial charge >= 0.3 is 0 Å². The van der Waals surface area contributed by atoms with E-state index in [9.17, 15) is 0 Å². The third kappa shape index (κ3) is 7.29.